The molecule has 1 aliphatic rings. The number of carboxylic acid groups (broad SMARTS) is 1. The molecule has 29 heavy (non-hydrogen) atoms. The molecule has 0 spiro atoms. The number of carbonyl (C=O) groups is 3. The molecule has 1 aliphatic heterocycles. The van der Waals surface area contributed by atoms with Crippen molar-refractivity contribution in [1.29, 1.82) is 0 Å². The molecule has 3 atom stereocenters. The van der Waals surface area contributed by atoms with Crippen LogP contribution in [0.1, 0.15) is 24.9 Å². The number of rotatable bonds is 5. The summed E-state index contributed by atoms with van der Waals surface area (Å²) in [6.07, 6.45) is -1.82. The van der Waals surface area contributed by atoms with E-state index in [1.807, 2.05) is 0 Å². The number of nitrogens with zero attached hydrogens (tertiary/aromatic N) is 3. The average Bonchev–Trinajstić information content (AvgIpc) is 3.25. The van der Waals surface area contributed by atoms with Gasteiger partial charge < -0.3 is 9.84 Å². The minimum absolute atomic E-state index is 0.00772. The number of likely N-dealkylation sites (tertiary alicyclic amines) is 1. The van der Waals surface area contributed by atoms with Crippen molar-refractivity contribution in [2.45, 2.75) is 38.5 Å². The van der Waals surface area contributed by atoms with Crippen LogP contribution in [0.5, 0.6) is 0 Å². The van der Waals surface area contributed by atoms with Gasteiger partial charge in [-0.15, -0.1) is 0 Å². The number of halogens is 3. The first-order valence-corrected chi connectivity index (χ1v) is 10.00. The summed E-state index contributed by atoms with van der Waals surface area (Å²) in [4.78, 5) is 37.9. The highest BCUT2D eigenvalue weighted by atomic mass is 79.9. The molecule has 156 valence electrons. The lowest BCUT2D eigenvalue weighted by atomic mass is 10.0. The number of carbonyl (C=O) groups excluding carboxylic acids is 2. The molecule has 0 radical (unpaired) electrons. The Hall–Kier alpha value is -2.20. The molecule has 1 saturated heterocycles. The smallest absolute Gasteiger partial charge is 0.408 e. The molecule has 1 fully saturated rings. The van der Waals surface area contributed by atoms with Crippen molar-refractivity contribution < 1.29 is 28.6 Å². The van der Waals surface area contributed by atoms with Gasteiger partial charge in [0, 0.05) is 22.5 Å². The highest BCUT2D eigenvalue weighted by Crippen LogP contribution is 2.33. The van der Waals surface area contributed by atoms with Gasteiger partial charge in [-0.2, -0.15) is 5.10 Å². The molecule has 1 unspecified atom stereocenters. The molecule has 2 aromatic rings. The number of hydrogen-bond donors (Lipinski definition) is 1. The van der Waals surface area contributed by atoms with Crippen LogP contribution in [0.3, 0.4) is 0 Å². The third-order valence-electron chi connectivity index (χ3n) is 4.82. The lowest BCUT2D eigenvalue weighted by Crippen LogP contribution is -2.45. The number of aryl methyl sites for hydroxylation is 1. The topological polar surface area (TPSA) is 102 Å². The van der Waals surface area contributed by atoms with E-state index in [1.54, 1.807) is 19.9 Å². The van der Waals surface area contributed by atoms with Crippen LogP contribution in [0, 0.1) is 6.92 Å². The maximum Gasteiger partial charge on any atom is 0.408 e. The van der Waals surface area contributed by atoms with Crippen LogP contribution in [0.4, 0.5) is 9.18 Å². The molecule has 1 N–H and O–H groups in total. The van der Waals surface area contributed by atoms with Crippen LogP contribution in [-0.4, -0.2) is 63.0 Å². The number of hydrogen-bond acceptors (Lipinski definition) is 5. The first-order chi connectivity index (χ1) is 13.6. The molecule has 1 aromatic carbocycles. The zero-order chi connectivity index (χ0) is 21.5. The monoisotopic (exact) mass is 489 g/mol. The zero-order valence-electron chi connectivity index (χ0n) is 15.6. The Morgan fingerprint density at radius 2 is 2.17 bits per heavy atom. The highest BCUT2D eigenvalue weighted by molar-refractivity contribution is 9.10. The van der Waals surface area contributed by atoms with E-state index in [0.29, 0.717) is 25.3 Å². The third-order valence-corrected chi connectivity index (χ3v) is 5.96. The second kappa shape index (κ2) is 8.27. The SMILES string of the molecule is CCOC(=O)C(C(=O)[C@@H]1C[C@@H](F)CN1C(=O)O)n1cc2c(Cl)cc(Br)c(C)c2n1. The molecule has 8 nitrogen and oxygen atoms in total. The third kappa shape index (κ3) is 3.95. The molecule has 0 aliphatic carbocycles. The van der Waals surface area contributed by atoms with Crippen LogP contribution < -0.4 is 0 Å². The van der Waals surface area contributed by atoms with Gasteiger partial charge in [-0.05, 0) is 25.5 Å². The summed E-state index contributed by atoms with van der Waals surface area (Å²) in [5.74, 6) is -1.70. The van der Waals surface area contributed by atoms with Crippen molar-refractivity contribution in [1.82, 2.24) is 14.7 Å². The van der Waals surface area contributed by atoms with Gasteiger partial charge in [-0.3, -0.25) is 9.69 Å². The van der Waals surface area contributed by atoms with Gasteiger partial charge in [-0.1, -0.05) is 27.5 Å². The fourth-order valence-electron chi connectivity index (χ4n) is 3.41. The summed E-state index contributed by atoms with van der Waals surface area (Å²) in [6, 6.07) is -1.20. The van der Waals surface area contributed by atoms with Gasteiger partial charge in [0.05, 0.1) is 29.7 Å². The number of amides is 1. The van der Waals surface area contributed by atoms with E-state index in [1.165, 1.54) is 6.20 Å². The Bertz CT molecular complexity index is 998. The lowest BCUT2D eigenvalue weighted by molar-refractivity contribution is -0.152. The Labute approximate surface area is 178 Å². The summed E-state index contributed by atoms with van der Waals surface area (Å²) < 4.78 is 20.7. The van der Waals surface area contributed by atoms with E-state index in [2.05, 4.69) is 21.0 Å². The second-order valence-corrected chi connectivity index (χ2v) is 7.94. The summed E-state index contributed by atoms with van der Waals surface area (Å²) in [5.41, 5.74) is 1.21. The summed E-state index contributed by atoms with van der Waals surface area (Å²) in [6.45, 7) is 2.94. The maximum atomic E-state index is 13.9. The van der Waals surface area contributed by atoms with Crippen molar-refractivity contribution in [3.05, 3.63) is 27.3 Å². The summed E-state index contributed by atoms with van der Waals surface area (Å²) >= 11 is 9.64. The van der Waals surface area contributed by atoms with Crippen molar-refractivity contribution in [3.8, 4) is 0 Å². The van der Waals surface area contributed by atoms with Crippen LogP contribution >= 0.6 is 27.5 Å². The fourth-order valence-corrected chi connectivity index (χ4v) is 4.21. The van der Waals surface area contributed by atoms with Crippen molar-refractivity contribution >= 4 is 56.3 Å². The highest BCUT2D eigenvalue weighted by Gasteiger charge is 2.45. The standard InChI is InChI=1S/C18H18BrClFN3O5/c1-3-29-17(26)15(16(25)13-4-9(21)6-23(13)18(27)28)24-7-10-12(20)5-11(19)8(2)14(10)22-24/h5,7,9,13,15H,3-4,6H2,1-2H3,(H,27,28)/t9-,13+,15?/m1/s1. The maximum absolute atomic E-state index is 13.9. The number of alkyl halides is 1. The quantitative estimate of drug-likeness (QED) is 0.508. The van der Waals surface area contributed by atoms with E-state index in [4.69, 9.17) is 16.3 Å². The van der Waals surface area contributed by atoms with E-state index in [-0.39, 0.29) is 13.0 Å². The number of ketones is 1. The van der Waals surface area contributed by atoms with Gasteiger partial charge in [0.15, 0.2) is 5.78 Å². The predicted molar refractivity (Wildman–Crippen MR) is 106 cm³/mol. The van der Waals surface area contributed by atoms with Crippen LogP contribution in [0.2, 0.25) is 5.02 Å². The Balaban J connectivity index is 2.09. The Morgan fingerprint density at radius 1 is 1.48 bits per heavy atom. The zero-order valence-corrected chi connectivity index (χ0v) is 17.9. The van der Waals surface area contributed by atoms with Crippen LogP contribution in [0.25, 0.3) is 10.9 Å². The molecular weight excluding hydrogens is 473 g/mol. The van der Waals surface area contributed by atoms with Crippen molar-refractivity contribution in [3.63, 3.8) is 0 Å². The summed E-state index contributed by atoms with van der Waals surface area (Å²) in [7, 11) is 0. The minimum Gasteiger partial charge on any atom is -0.465 e. The molecule has 0 saturated carbocycles. The van der Waals surface area contributed by atoms with Gasteiger partial charge in [0.1, 0.15) is 6.17 Å². The normalized spacial score (nSPS) is 20.1. The molecule has 3 rings (SSSR count). The van der Waals surface area contributed by atoms with Crippen molar-refractivity contribution in [2.75, 3.05) is 13.2 Å². The van der Waals surface area contributed by atoms with E-state index in [0.717, 1.165) is 10.2 Å². The van der Waals surface area contributed by atoms with Gasteiger partial charge in [0.2, 0.25) is 6.04 Å². The average molecular weight is 491 g/mol. The van der Waals surface area contributed by atoms with Gasteiger partial charge >= 0.3 is 12.1 Å². The van der Waals surface area contributed by atoms with E-state index >= 15 is 0 Å². The Kier molecular flexibility index (Phi) is 6.13. The molecular formula is C18H18BrClFN3O5. The molecule has 0 bridgehead atoms. The lowest BCUT2D eigenvalue weighted by Gasteiger charge is -2.24. The first kappa shape index (κ1) is 21.5. The van der Waals surface area contributed by atoms with E-state index < -0.39 is 42.6 Å². The summed E-state index contributed by atoms with van der Waals surface area (Å²) in [5, 5.41) is 14.5. The number of ether oxygens (including phenoxy) is 1. The van der Waals surface area contributed by atoms with Crippen molar-refractivity contribution in [2.24, 2.45) is 0 Å². The van der Waals surface area contributed by atoms with Crippen LogP contribution in [0.15, 0.2) is 16.7 Å². The number of esters is 1. The number of benzene rings is 1. The first-order valence-electron chi connectivity index (χ1n) is 8.83. The Morgan fingerprint density at radius 3 is 2.79 bits per heavy atom. The minimum atomic E-state index is -1.56. The molecule has 2 heterocycles. The fraction of sp³-hybridized carbons (Fsp3) is 0.444. The largest absolute Gasteiger partial charge is 0.465 e. The van der Waals surface area contributed by atoms with Crippen LogP contribution in [-0.2, 0) is 14.3 Å². The van der Waals surface area contributed by atoms with E-state index in [9.17, 15) is 23.9 Å². The van der Waals surface area contributed by atoms with Gasteiger partial charge in [0.25, 0.3) is 0 Å². The number of Topliss-reactive ketones (excluding diaryl/α,β-unsaturated/α-hetero) is 1. The second-order valence-electron chi connectivity index (χ2n) is 6.68. The predicted octanol–water partition coefficient (Wildman–Crippen LogP) is 3.52. The molecule has 11 heteroatoms. The number of fused-ring (bicyclic) bond motifs is 1. The van der Waals surface area contributed by atoms with Gasteiger partial charge in [-0.25, -0.2) is 18.7 Å². The number of aromatic nitrogens is 2. The molecule has 1 aromatic heterocycles. The molecule has 1 amide bonds.